The number of nitrogens with one attached hydrogen (secondary N) is 2. The summed E-state index contributed by atoms with van der Waals surface area (Å²) >= 11 is 0. The summed E-state index contributed by atoms with van der Waals surface area (Å²) in [7, 11) is -1.87. The fraction of sp³-hybridized carbons (Fsp3) is 0.474. The largest absolute Gasteiger partial charge is 0.391 e. The van der Waals surface area contributed by atoms with Crippen LogP contribution in [0.5, 0.6) is 0 Å². The molecule has 0 saturated carbocycles. The number of anilines is 1. The summed E-state index contributed by atoms with van der Waals surface area (Å²) in [6.45, 7) is 9.52. The lowest BCUT2D eigenvalue weighted by atomic mass is 9.92. The van der Waals surface area contributed by atoms with Gasteiger partial charge in [0.1, 0.15) is 5.82 Å². The van der Waals surface area contributed by atoms with E-state index in [1.54, 1.807) is 13.1 Å². The van der Waals surface area contributed by atoms with Crippen LogP contribution < -0.4 is 10.0 Å². The SMILES string of the molecule is CC(O)Cn1ccc(S(=O)NC(=O)Nc2c(C(C)C)cc(F)cc2C(C)C)n1. The summed E-state index contributed by atoms with van der Waals surface area (Å²) in [6, 6.07) is 3.65. The summed E-state index contributed by atoms with van der Waals surface area (Å²) in [6.07, 6.45) is 0.979. The molecule has 0 aliphatic heterocycles. The maximum Gasteiger partial charge on any atom is 0.331 e. The van der Waals surface area contributed by atoms with Crippen LogP contribution in [0.3, 0.4) is 0 Å². The number of aliphatic hydroxyl groups is 1. The minimum atomic E-state index is -1.87. The van der Waals surface area contributed by atoms with Crippen molar-refractivity contribution in [2.45, 2.75) is 64.1 Å². The molecule has 154 valence electrons. The lowest BCUT2D eigenvalue weighted by molar-refractivity contribution is 0.168. The highest BCUT2D eigenvalue weighted by Gasteiger charge is 2.19. The fourth-order valence-corrected chi connectivity index (χ4v) is 3.48. The zero-order chi connectivity index (χ0) is 21.0. The number of hydrogen-bond donors (Lipinski definition) is 3. The average Bonchev–Trinajstić information content (AvgIpc) is 3.03. The van der Waals surface area contributed by atoms with Crippen molar-refractivity contribution in [1.29, 1.82) is 0 Å². The van der Waals surface area contributed by atoms with Crippen LogP contribution in [0.2, 0.25) is 0 Å². The van der Waals surface area contributed by atoms with Gasteiger partial charge in [-0.25, -0.2) is 13.4 Å². The number of hydrogen-bond acceptors (Lipinski definition) is 4. The molecule has 2 atom stereocenters. The van der Waals surface area contributed by atoms with Crippen molar-refractivity contribution in [3.63, 3.8) is 0 Å². The van der Waals surface area contributed by atoms with Crippen molar-refractivity contribution in [2.24, 2.45) is 0 Å². The Kier molecular flexibility index (Phi) is 7.31. The van der Waals surface area contributed by atoms with Crippen molar-refractivity contribution < 1.29 is 18.5 Å². The van der Waals surface area contributed by atoms with Crippen molar-refractivity contribution >= 4 is 22.7 Å². The predicted octanol–water partition coefficient (Wildman–Crippen LogP) is 3.49. The van der Waals surface area contributed by atoms with Crippen LogP contribution in [-0.4, -0.2) is 31.2 Å². The molecule has 1 aromatic heterocycles. The van der Waals surface area contributed by atoms with Crippen molar-refractivity contribution in [3.05, 3.63) is 41.3 Å². The van der Waals surface area contributed by atoms with Gasteiger partial charge in [-0.1, -0.05) is 27.7 Å². The lowest BCUT2D eigenvalue weighted by Crippen LogP contribution is -2.31. The first kappa shape index (κ1) is 22.0. The quantitative estimate of drug-likeness (QED) is 0.651. The molecule has 0 bridgehead atoms. The summed E-state index contributed by atoms with van der Waals surface area (Å²) in [5, 5.41) is 16.4. The Morgan fingerprint density at radius 3 is 2.29 bits per heavy atom. The van der Waals surface area contributed by atoms with Gasteiger partial charge in [-0.05, 0) is 48.1 Å². The van der Waals surface area contributed by atoms with Crippen LogP contribution in [0.25, 0.3) is 0 Å². The number of urea groups is 1. The van der Waals surface area contributed by atoms with Gasteiger partial charge in [0, 0.05) is 11.9 Å². The molecule has 2 amide bonds. The first-order valence-electron chi connectivity index (χ1n) is 9.12. The van der Waals surface area contributed by atoms with Crippen LogP contribution in [0.4, 0.5) is 14.9 Å². The van der Waals surface area contributed by atoms with Gasteiger partial charge in [0.05, 0.1) is 12.6 Å². The first-order valence-corrected chi connectivity index (χ1v) is 10.3. The van der Waals surface area contributed by atoms with E-state index in [0.29, 0.717) is 16.8 Å². The van der Waals surface area contributed by atoms with Crippen LogP contribution in [-0.2, 0) is 17.5 Å². The molecule has 2 aromatic rings. The second-order valence-electron chi connectivity index (χ2n) is 7.32. The summed E-state index contributed by atoms with van der Waals surface area (Å²) in [4.78, 5) is 12.4. The second kappa shape index (κ2) is 9.29. The van der Waals surface area contributed by atoms with E-state index in [-0.39, 0.29) is 29.2 Å². The second-order valence-corrected chi connectivity index (χ2v) is 8.48. The van der Waals surface area contributed by atoms with Crippen molar-refractivity contribution in [1.82, 2.24) is 14.5 Å². The lowest BCUT2D eigenvalue weighted by Gasteiger charge is -2.20. The molecule has 0 saturated heterocycles. The van der Waals surface area contributed by atoms with E-state index in [4.69, 9.17) is 0 Å². The molecule has 28 heavy (non-hydrogen) atoms. The maximum atomic E-state index is 14.0. The Labute approximate surface area is 166 Å². The molecule has 9 heteroatoms. The molecule has 2 rings (SSSR count). The van der Waals surface area contributed by atoms with Gasteiger partial charge in [-0.3, -0.25) is 9.40 Å². The van der Waals surface area contributed by atoms with Crippen molar-refractivity contribution in [3.8, 4) is 0 Å². The normalized spacial score (nSPS) is 13.6. The minimum absolute atomic E-state index is 0.00910. The minimum Gasteiger partial charge on any atom is -0.391 e. The number of benzene rings is 1. The molecule has 1 heterocycles. The molecule has 0 aliphatic rings. The molecule has 0 spiro atoms. The van der Waals surface area contributed by atoms with E-state index in [0.717, 1.165) is 0 Å². The molecule has 0 radical (unpaired) electrons. The third-order valence-electron chi connectivity index (χ3n) is 4.09. The number of carbonyl (C=O) groups is 1. The van der Waals surface area contributed by atoms with Gasteiger partial charge in [0.15, 0.2) is 16.0 Å². The molecule has 0 aliphatic carbocycles. The molecular weight excluding hydrogens is 383 g/mol. The Morgan fingerprint density at radius 2 is 1.79 bits per heavy atom. The summed E-state index contributed by atoms with van der Waals surface area (Å²) in [5.41, 5.74) is 1.87. The van der Waals surface area contributed by atoms with E-state index in [2.05, 4.69) is 15.1 Å². The molecule has 1 aromatic carbocycles. The maximum absolute atomic E-state index is 14.0. The highest BCUT2D eigenvalue weighted by atomic mass is 32.2. The molecule has 2 unspecified atom stereocenters. The zero-order valence-corrected chi connectivity index (χ0v) is 17.5. The van der Waals surface area contributed by atoms with E-state index in [1.165, 1.54) is 22.9 Å². The monoisotopic (exact) mass is 410 g/mol. The van der Waals surface area contributed by atoms with Gasteiger partial charge in [-0.2, -0.15) is 5.10 Å². The Morgan fingerprint density at radius 1 is 1.21 bits per heavy atom. The standard InChI is InChI=1S/C19H27FN4O3S/c1-11(2)15-8-14(20)9-16(12(3)4)18(15)21-19(26)23-28(27)17-6-7-24(22-17)10-13(5)25/h6-9,11-13,25H,10H2,1-5H3,(H2,21,23,26). The van der Waals surface area contributed by atoms with Gasteiger partial charge in [-0.15, -0.1) is 0 Å². The smallest absolute Gasteiger partial charge is 0.331 e. The molecule has 0 fully saturated rings. The van der Waals surface area contributed by atoms with Crippen LogP contribution in [0.15, 0.2) is 29.4 Å². The van der Waals surface area contributed by atoms with E-state index in [9.17, 15) is 18.5 Å². The van der Waals surface area contributed by atoms with Crippen molar-refractivity contribution in [2.75, 3.05) is 5.32 Å². The van der Waals surface area contributed by atoms with Crippen LogP contribution in [0.1, 0.15) is 57.6 Å². The van der Waals surface area contributed by atoms with E-state index in [1.807, 2.05) is 27.7 Å². The van der Waals surface area contributed by atoms with E-state index < -0.39 is 23.1 Å². The number of aromatic nitrogens is 2. The number of aliphatic hydroxyl groups excluding tert-OH is 1. The Balaban J connectivity index is 2.18. The summed E-state index contributed by atoms with van der Waals surface area (Å²) in [5.74, 6) is -0.374. The van der Waals surface area contributed by atoms with Crippen LogP contribution in [0, 0.1) is 5.82 Å². The molecular formula is C19H27FN4O3S. The number of carbonyl (C=O) groups excluding carboxylic acids is 1. The molecule has 7 nitrogen and oxygen atoms in total. The van der Waals surface area contributed by atoms with Gasteiger partial charge in [0.2, 0.25) is 0 Å². The average molecular weight is 411 g/mol. The Bertz CT molecular complexity index is 836. The van der Waals surface area contributed by atoms with Gasteiger partial charge < -0.3 is 10.4 Å². The highest BCUT2D eigenvalue weighted by molar-refractivity contribution is 7.83. The third-order valence-corrected chi connectivity index (χ3v) is 5.06. The first-order chi connectivity index (χ1) is 13.1. The van der Waals surface area contributed by atoms with Gasteiger partial charge >= 0.3 is 6.03 Å². The zero-order valence-electron chi connectivity index (χ0n) is 16.7. The highest BCUT2D eigenvalue weighted by Crippen LogP contribution is 2.33. The van der Waals surface area contributed by atoms with E-state index >= 15 is 0 Å². The Hall–Kier alpha value is -2.26. The van der Waals surface area contributed by atoms with Gasteiger partial charge in [0.25, 0.3) is 0 Å². The number of amides is 2. The number of rotatable bonds is 7. The number of nitrogens with zero attached hydrogens (tertiary/aromatic N) is 2. The molecule has 3 N–H and O–H groups in total. The predicted molar refractivity (Wildman–Crippen MR) is 107 cm³/mol. The summed E-state index contributed by atoms with van der Waals surface area (Å²) < 4.78 is 30.2. The third kappa shape index (κ3) is 5.62. The van der Waals surface area contributed by atoms with Crippen LogP contribution >= 0.6 is 0 Å². The topological polar surface area (TPSA) is 96.3 Å². The number of halogens is 1. The fourth-order valence-electron chi connectivity index (χ4n) is 2.79.